The Balaban J connectivity index is 2.01. The van der Waals surface area contributed by atoms with Gasteiger partial charge in [0.05, 0.1) is 24.3 Å². The molecule has 136 valence electrons. The highest BCUT2D eigenvalue weighted by molar-refractivity contribution is 6.08. The molecule has 0 spiro atoms. The number of aromatic nitrogens is 1. The molecule has 2 heterocycles. The van der Waals surface area contributed by atoms with Crippen molar-refractivity contribution in [2.75, 3.05) is 12.4 Å². The van der Waals surface area contributed by atoms with Crippen LogP contribution in [0.15, 0.2) is 48.5 Å². The lowest BCUT2D eigenvalue weighted by molar-refractivity contribution is -0.116. The number of hydrogen-bond acceptors (Lipinski definition) is 3. The van der Waals surface area contributed by atoms with Crippen molar-refractivity contribution in [2.24, 2.45) is 0 Å². The number of fused-ring (bicyclic) bond motifs is 1. The molecule has 6 heteroatoms. The number of amides is 1. The van der Waals surface area contributed by atoms with Gasteiger partial charge in [-0.1, -0.05) is 30.3 Å². The summed E-state index contributed by atoms with van der Waals surface area (Å²) in [5, 5.41) is 2.77. The highest BCUT2D eigenvalue weighted by atomic mass is 19.1. The van der Waals surface area contributed by atoms with E-state index in [9.17, 15) is 14.0 Å². The molecule has 2 N–H and O–H groups in total. The van der Waals surface area contributed by atoms with Crippen molar-refractivity contribution in [3.8, 4) is 11.3 Å². The molecule has 1 aliphatic heterocycles. The van der Waals surface area contributed by atoms with Crippen molar-refractivity contribution in [1.29, 1.82) is 0 Å². The first-order chi connectivity index (χ1) is 13.0. The van der Waals surface area contributed by atoms with Crippen LogP contribution in [0, 0.1) is 12.7 Å². The lowest BCUT2D eigenvalue weighted by Crippen LogP contribution is -2.17. The minimum absolute atomic E-state index is 0.300. The lowest BCUT2D eigenvalue weighted by Gasteiger charge is -2.13. The molecule has 0 saturated heterocycles. The smallest absolute Gasteiger partial charge is 0.340 e. The molecular formula is C21H17FN2O3. The van der Waals surface area contributed by atoms with Crippen LogP contribution in [0.2, 0.25) is 0 Å². The topological polar surface area (TPSA) is 71.2 Å². The molecule has 0 fully saturated rings. The molecule has 1 aliphatic rings. The Morgan fingerprint density at radius 3 is 2.59 bits per heavy atom. The Kier molecular flexibility index (Phi) is 4.03. The molecule has 0 saturated carbocycles. The SMILES string of the molecule is COC(=O)c1c(C)[nH]c(-c2ccccc2)c1C1C(=O)Nc2ccc(F)cc21. The fourth-order valence-electron chi connectivity index (χ4n) is 3.65. The summed E-state index contributed by atoms with van der Waals surface area (Å²) in [7, 11) is 1.29. The van der Waals surface area contributed by atoms with Gasteiger partial charge in [-0.2, -0.15) is 0 Å². The first-order valence-electron chi connectivity index (χ1n) is 8.47. The van der Waals surface area contributed by atoms with Gasteiger partial charge < -0.3 is 15.0 Å². The van der Waals surface area contributed by atoms with Crippen LogP contribution in [-0.4, -0.2) is 24.0 Å². The average Bonchev–Trinajstić information content (AvgIpc) is 3.17. The van der Waals surface area contributed by atoms with Crippen LogP contribution in [0.1, 0.15) is 33.1 Å². The van der Waals surface area contributed by atoms with Crippen LogP contribution in [0.25, 0.3) is 11.3 Å². The fourth-order valence-corrected chi connectivity index (χ4v) is 3.65. The molecule has 1 amide bonds. The molecule has 1 aromatic heterocycles. The van der Waals surface area contributed by atoms with Gasteiger partial charge in [-0.05, 0) is 36.2 Å². The van der Waals surface area contributed by atoms with E-state index in [1.807, 2.05) is 30.3 Å². The van der Waals surface area contributed by atoms with Gasteiger partial charge in [0.25, 0.3) is 0 Å². The van der Waals surface area contributed by atoms with Gasteiger partial charge in [-0.3, -0.25) is 4.79 Å². The van der Waals surface area contributed by atoms with Crippen LogP contribution in [0.5, 0.6) is 0 Å². The largest absolute Gasteiger partial charge is 0.465 e. The van der Waals surface area contributed by atoms with Gasteiger partial charge in [-0.25, -0.2) is 9.18 Å². The van der Waals surface area contributed by atoms with Crippen LogP contribution >= 0.6 is 0 Å². The van der Waals surface area contributed by atoms with Gasteiger partial charge in [0.15, 0.2) is 0 Å². The number of carbonyl (C=O) groups excluding carboxylic acids is 2. The maximum Gasteiger partial charge on any atom is 0.340 e. The summed E-state index contributed by atoms with van der Waals surface area (Å²) < 4.78 is 18.8. The van der Waals surface area contributed by atoms with Crippen LogP contribution < -0.4 is 5.32 Å². The number of hydrogen-bond donors (Lipinski definition) is 2. The summed E-state index contributed by atoms with van der Waals surface area (Å²) >= 11 is 0. The zero-order valence-electron chi connectivity index (χ0n) is 14.8. The molecule has 0 bridgehead atoms. The summed E-state index contributed by atoms with van der Waals surface area (Å²) in [4.78, 5) is 28.5. The summed E-state index contributed by atoms with van der Waals surface area (Å²) in [5.74, 6) is -2.11. The summed E-state index contributed by atoms with van der Waals surface area (Å²) in [6.07, 6.45) is 0. The lowest BCUT2D eigenvalue weighted by atomic mass is 9.87. The van der Waals surface area contributed by atoms with Gasteiger partial charge >= 0.3 is 5.97 Å². The number of rotatable bonds is 3. The Morgan fingerprint density at radius 1 is 1.15 bits per heavy atom. The first kappa shape index (κ1) is 17.0. The van der Waals surface area contributed by atoms with Crippen LogP contribution in [0.3, 0.4) is 0 Å². The second-order valence-corrected chi connectivity index (χ2v) is 6.43. The first-order valence-corrected chi connectivity index (χ1v) is 8.47. The van der Waals surface area contributed by atoms with E-state index in [1.54, 1.807) is 6.92 Å². The molecule has 1 unspecified atom stereocenters. The monoisotopic (exact) mass is 364 g/mol. The predicted octanol–water partition coefficient (Wildman–Crippen LogP) is 4.00. The number of benzene rings is 2. The number of aryl methyl sites for hydroxylation is 1. The normalized spacial score (nSPS) is 15.4. The number of methoxy groups -OCH3 is 1. The van der Waals surface area contributed by atoms with E-state index in [2.05, 4.69) is 10.3 Å². The molecule has 4 rings (SSSR count). The number of aromatic amines is 1. The number of halogens is 1. The molecular weight excluding hydrogens is 347 g/mol. The summed E-state index contributed by atoms with van der Waals surface area (Å²) in [6.45, 7) is 1.75. The maximum atomic E-state index is 13.9. The predicted molar refractivity (Wildman–Crippen MR) is 99.2 cm³/mol. The summed E-state index contributed by atoms with van der Waals surface area (Å²) in [6, 6.07) is 13.5. The Bertz CT molecular complexity index is 1060. The third kappa shape index (κ3) is 2.70. The molecule has 2 aromatic carbocycles. The van der Waals surface area contributed by atoms with E-state index >= 15 is 0 Å². The molecule has 0 radical (unpaired) electrons. The number of H-pyrrole nitrogens is 1. The minimum atomic E-state index is -0.815. The standard InChI is InChI=1S/C21H17FN2O3/c1-11-16(21(26)27-2)18(19(23-11)12-6-4-3-5-7-12)17-14-10-13(22)8-9-15(14)24-20(17)25/h3-10,17,23H,1-2H3,(H,24,25). The van der Waals surface area contributed by atoms with Crippen molar-refractivity contribution in [2.45, 2.75) is 12.8 Å². The van der Waals surface area contributed by atoms with Gasteiger partial charge in [0.2, 0.25) is 5.91 Å². The van der Waals surface area contributed by atoms with E-state index in [1.165, 1.54) is 25.3 Å². The zero-order chi connectivity index (χ0) is 19.1. The fraction of sp³-hybridized carbons (Fsp3) is 0.143. The van der Waals surface area contributed by atoms with Crippen molar-refractivity contribution in [3.05, 3.63) is 76.7 Å². The van der Waals surface area contributed by atoms with E-state index < -0.39 is 17.7 Å². The number of carbonyl (C=O) groups is 2. The van der Waals surface area contributed by atoms with Crippen molar-refractivity contribution in [1.82, 2.24) is 4.98 Å². The number of ether oxygens (including phenoxy) is 1. The van der Waals surface area contributed by atoms with Crippen molar-refractivity contribution < 1.29 is 18.7 Å². The summed E-state index contributed by atoms with van der Waals surface area (Å²) in [5.41, 5.74) is 3.89. The van der Waals surface area contributed by atoms with Gasteiger partial charge in [0.1, 0.15) is 5.82 Å². The van der Waals surface area contributed by atoms with Crippen LogP contribution in [0.4, 0.5) is 10.1 Å². The second kappa shape index (κ2) is 6.39. The zero-order valence-corrected chi connectivity index (χ0v) is 14.8. The van der Waals surface area contributed by atoms with E-state index in [-0.39, 0.29) is 5.91 Å². The number of esters is 1. The highest BCUT2D eigenvalue weighted by Crippen LogP contribution is 2.43. The number of nitrogens with one attached hydrogen (secondary N) is 2. The third-order valence-electron chi connectivity index (χ3n) is 4.81. The highest BCUT2D eigenvalue weighted by Gasteiger charge is 2.38. The Hall–Kier alpha value is -3.41. The minimum Gasteiger partial charge on any atom is -0.465 e. The van der Waals surface area contributed by atoms with Crippen molar-refractivity contribution >= 4 is 17.6 Å². The Morgan fingerprint density at radius 2 is 1.89 bits per heavy atom. The van der Waals surface area contributed by atoms with Crippen molar-refractivity contribution in [3.63, 3.8) is 0 Å². The quantitative estimate of drug-likeness (QED) is 0.690. The van der Waals surface area contributed by atoms with E-state index in [0.29, 0.717) is 33.8 Å². The van der Waals surface area contributed by atoms with Gasteiger partial charge in [0, 0.05) is 16.9 Å². The molecule has 0 aliphatic carbocycles. The van der Waals surface area contributed by atoms with E-state index in [4.69, 9.17) is 4.74 Å². The maximum absolute atomic E-state index is 13.9. The number of anilines is 1. The van der Waals surface area contributed by atoms with Crippen LogP contribution in [-0.2, 0) is 9.53 Å². The van der Waals surface area contributed by atoms with Gasteiger partial charge in [-0.15, -0.1) is 0 Å². The Labute approximate surface area is 155 Å². The molecule has 1 atom stereocenters. The van der Waals surface area contributed by atoms with E-state index in [0.717, 1.165) is 5.56 Å². The third-order valence-corrected chi connectivity index (χ3v) is 4.81. The molecule has 3 aromatic rings. The molecule has 5 nitrogen and oxygen atoms in total. The molecule has 27 heavy (non-hydrogen) atoms. The second-order valence-electron chi connectivity index (χ2n) is 6.43. The average molecular weight is 364 g/mol.